The summed E-state index contributed by atoms with van der Waals surface area (Å²) in [7, 11) is 0. The van der Waals surface area contributed by atoms with Crippen molar-refractivity contribution in [2.24, 2.45) is 0 Å². The van der Waals surface area contributed by atoms with Crippen LogP contribution in [0.1, 0.15) is 22.3 Å². The molecule has 1 aliphatic carbocycles. The van der Waals surface area contributed by atoms with E-state index in [-0.39, 0.29) is 5.78 Å². The maximum atomic E-state index is 11.7. The zero-order valence-electron chi connectivity index (χ0n) is 9.24. The molecule has 0 N–H and O–H groups in total. The maximum Gasteiger partial charge on any atom is 0.163 e. The normalized spacial score (nSPS) is 13.8. The van der Waals surface area contributed by atoms with Crippen molar-refractivity contribution in [2.75, 3.05) is 0 Å². The van der Waals surface area contributed by atoms with Crippen molar-refractivity contribution >= 4 is 17.4 Å². The molecular formula is C15H11ClO. The molecule has 0 heterocycles. The van der Waals surface area contributed by atoms with Crippen molar-refractivity contribution in [1.82, 2.24) is 0 Å². The fraction of sp³-hybridized carbons (Fsp3) is 0.133. The Morgan fingerprint density at radius 1 is 0.882 bits per heavy atom. The summed E-state index contributed by atoms with van der Waals surface area (Å²) in [5.74, 6) is 0.260. The number of halogens is 1. The first-order valence-electron chi connectivity index (χ1n) is 5.66. The molecule has 0 saturated carbocycles. The number of aryl methyl sites for hydroxylation is 1. The van der Waals surface area contributed by atoms with Gasteiger partial charge in [0.2, 0.25) is 0 Å². The van der Waals surface area contributed by atoms with Gasteiger partial charge in [0.25, 0.3) is 0 Å². The summed E-state index contributed by atoms with van der Waals surface area (Å²) in [4.78, 5) is 11.7. The first-order chi connectivity index (χ1) is 8.24. The summed E-state index contributed by atoms with van der Waals surface area (Å²) in [6.45, 7) is 0. The average Bonchev–Trinajstić information content (AvgIpc) is 2.72. The topological polar surface area (TPSA) is 17.1 Å². The molecule has 0 aliphatic heterocycles. The van der Waals surface area contributed by atoms with Gasteiger partial charge in [-0.05, 0) is 41.3 Å². The number of rotatable bonds is 1. The molecule has 0 amide bonds. The average molecular weight is 243 g/mol. The van der Waals surface area contributed by atoms with Gasteiger partial charge in [-0.25, -0.2) is 0 Å². The lowest BCUT2D eigenvalue weighted by atomic mass is 10.0. The Balaban J connectivity index is 2.08. The second-order valence-electron chi connectivity index (χ2n) is 4.30. The van der Waals surface area contributed by atoms with Gasteiger partial charge in [0.1, 0.15) is 0 Å². The van der Waals surface area contributed by atoms with Gasteiger partial charge >= 0.3 is 0 Å². The molecule has 0 bridgehead atoms. The third-order valence-electron chi connectivity index (χ3n) is 3.21. The van der Waals surface area contributed by atoms with Crippen LogP contribution in [0.5, 0.6) is 0 Å². The van der Waals surface area contributed by atoms with Crippen LogP contribution in [-0.2, 0) is 6.42 Å². The van der Waals surface area contributed by atoms with E-state index in [9.17, 15) is 4.79 Å². The summed E-state index contributed by atoms with van der Waals surface area (Å²) in [5.41, 5.74) is 4.23. The van der Waals surface area contributed by atoms with E-state index in [2.05, 4.69) is 12.1 Å². The molecule has 17 heavy (non-hydrogen) atoms. The Morgan fingerprint density at radius 2 is 1.59 bits per heavy atom. The predicted octanol–water partition coefficient (Wildman–Crippen LogP) is 4.14. The molecular weight excluding hydrogens is 232 g/mol. The summed E-state index contributed by atoms with van der Waals surface area (Å²) >= 11 is 5.86. The van der Waals surface area contributed by atoms with Gasteiger partial charge in [-0.1, -0.05) is 35.9 Å². The second kappa shape index (κ2) is 4.01. The Hall–Kier alpha value is -1.60. The van der Waals surface area contributed by atoms with Crippen molar-refractivity contribution in [3.8, 4) is 11.1 Å². The maximum absolute atomic E-state index is 11.7. The Labute approximate surface area is 105 Å². The molecule has 0 saturated heterocycles. The molecule has 2 aromatic rings. The number of hydrogen-bond acceptors (Lipinski definition) is 1. The predicted molar refractivity (Wildman–Crippen MR) is 69.5 cm³/mol. The second-order valence-corrected chi connectivity index (χ2v) is 4.74. The Morgan fingerprint density at radius 3 is 2.35 bits per heavy atom. The molecule has 2 heteroatoms. The third kappa shape index (κ3) is 1.87. The quantitative estimate of drug-likeness (QED) is 0.735. The number of Topliss-reactive ketones (excluding diaryl/α,β-unsaturated/α-hetero) is 1. The van der Waals surface area contributed by atoms with E-state index in [0.717, 1.165) is 28.1 Å². The highest BCUT2D eigenvalue weighted by atomic mass is 35.5. The van der Waals surface area contributed by atoms with Crippen LogP contribution in [0.3, 0.4) is 0 Å². The van der Waals surface area contributed by atoms with Gasteiger partial charge in [-0.3, -0.25) is 4.79 Å². The van der Waals surface area contributed by atoms with Crippen LogP contribution in [0.25, 0.3) is 11.1 Å². The Kier molecular flexibility index (Phi) is 2.49. The molecule has 1 nitrogen and oxygen atoms in total. The van der Waals surface area contributed by atoms with Gasteiger partial charge in [0.05, 0.1) is 0 Å². The minimum Gasteiger partial charge on any atom is -0.294 e. The van der Waals surface area contributed by atoms with Crippen LogP contribution in [0, 0.1) is 0 Å². The zero-order valence-corrected chi connectivity index (χ0v) is 10.00. The molecule has 0 radical (unpaired) electrons. The molecule has 0 unspecified atom stereocenters. The highest BCUT2D eigenvalue weighted by molar-refractivity contribution is 6.30. The number of benzene rings is 2. The summed E-state index contributed by atoms with van der Waals surface area (Å²) in [6, 6.07) is 13.8. The smallest absolute Gasteiger partial charge is 0.163 e. The van der Waals surface area contributed by atoms with E-state index >= 15 is 0 Å². The van der Waals surface area contributed by atoms with Crippen molar-refractivity contribution in [3.63, 3.8) is 0 Å². The number of ketones is 1. The lowest BCUT2D eigenvalue weighted by molar-refractivity contribution is 0.0994. The van der Waals surface area contributed by atoms with Crippen LogP contribution in [-0.4, -0.2) is 5.78 Å². The van der Waals surface area contributed by atoms with Crippen molar-refractivity contribution in [2.45, 2.75) is 12.8 Å². The van der Waals surface area contributed by atoms with Crippen LogP contribution in [0.15, 0.2) is 42.5 Å². The fourth-order valence-electron chi connectivity index (χ4n) is 2.26. The SMILES string of the molecule is O=C1CCc2ccc(-c3ccc(Cl)cc3)cc21. The largest absolute Gasteiger partial charge is 0.294 e. The van der Waals surface area contributed by atoms with Crippen LogP contribution in [0.2, 0.25) is 5.02 Å². The van der Waals surface area contributed by atoms with E-state index in [1.165, 1.54) is 5.56 Å². The van der Waals surface area contributed by atoms with Gasteiger partial charge in [-0.15, -0.1) is 0 Å². The lowest BCUT2D eigenvalue weighted by Crippen LogP contribution is -1.91. The number of carbonyl (C=O) groups excluding carboxylic acids is 1. The zero-order chi connectivity index (χ0) is 11.8. The number of carbonyl (C=O) groups is 1. The van der Waals surface area contributed by atoms with Gasteiger partial charge in [0, 0.05) is 17.0 Å². The first kappa shape index (κ1) is 10.5. The van der Waals surface area contributed by atoms with Crippen molar-refractivity contribution < 1.29 is 4.79 Å². The lowest BCUT2D eigenvalue weighted by Gasteiger charge is -2.04. The highest BCUT2D eigenvalue weighted by Gasteiger charge is 2.19. The standard InChI is InChI=1S/C15H11ClO/c16-13-6-3-10(4-7-13)12-2-1-11-5-8-15(17)14(11)9-12/h1-4,6-7,9H,5,8H2. The van der Waals surface area contributed by atoms with E-state index in [1.807, 2.05) is 30.3 Å². The molecule has 0 aromatic heterocycles. The highest BCUT2D eigenvalue weighted by Crippen LogP contribution is 2.28. The van der Waals surface area contributed by atoms with Gasteiger partial charge in [0.15, 0.2) is 5.78 Å². The molecule has 84 valence electrons. The number of fused-ring (bicyclic) bond motifs is 1. The fourth-order valence-corrected chi connectivity index (χ4v) is 2.38. The van der Waals surface area contributed by atoms with Crippen molar-refractivity contribution in [3.05, 3.63) is 58.6 Å². The third-order valence-corrected chi connectivity index (χ3v) is 3.46. The summed E-state index contributed by atoms with van der Waals surface area (Å²) in [6.07, 6.45) is 1.54. The van der Waals surface area contributed by atoms with Crippen LogP contribution < -0.4 is 0 Å². The number of hydrogen-bond donors (Lipinski definition) is 0. The van der Waals surface area contributed by atoms with Crippen LogP contribution in [0.4, 0.5) is 0 Å². The van der Waals surface area contributed by atoms with Crippen molar-refractivity contribution in [1.29, 1.82) is 0 Å². The Bertz CT molecular complexity index is 584. The molecule has 0 spiro atoms. The summed E-state index contributed by atoms with van der Waals surface area (Å²) < 4.78 is 0. The minimum absolute atomic E-state index is 0.260. The molecule has 3 rings (SSSR count). The molecule has 1 aliphatic rings. The first-order valence-corrected chi connectivity index (χ1v) is 6.04. The molecule has 2 aromatic carbocycles. The minimum atomic E-state index is 0.260. The van der Waals surface area contributed by atoms with Gasteiger partial charge in [-0.2, -0.15) is 0 Å². The van der Waals surface area contributed by atoms with Gasteiger partial charge < -0.3 is 0 Å². The summed E-state index contributed by atoms with van der Waals surface area (Å²) in [5, 5.41) is 0.728. The van der Waals surface area contributed by atoms with Crippen LogP contribution >= 0.6 is 11.6 Å². The molecule has 0 atom stereocenters. The van der Waals surface area contributed by atoms with E-state index in [4.69, 9.17) is 11.6 Å². The monoisotopic (exact) mass is 242 g/mol. The van der Waals surface area contributed by atoms with E-state index < -0.39 is 0 Å². The van der Waals surface area contributed by atoms with E-state index in [1.54, 1.807) is 0 Å². The molecule has 0 fully saturated rings. The van der Waals surface area contributed by atoms with E-state index in [0.29, 0.717) is 6.42 Å².